The van der Waals surface area contributed by atoms with E-state index in [1.807, 2.05) is 19.1 Å². The molecule has 18 heavy (non-hydrogen) atoms. The van der Waals surface area contributed by atoms with Gasteiger partial charge in [0.15, 0.2) is 0 Å². The molecule has 92 valence electrons. The van der Waals surface area contributed by atoms with Crippen molar-refractivity contribution < 1.29 is 4.79 Å². The molecule has 2 rings (SSSR count). The number of amides is 1. The third-order valence-corrected chi connectivity index (χ3v) is 2.94. The Morgan fingerprint density at radius 1 is 1.28 bits per heavy atom. The van der Waals surface area contributed by atoms with Crippen LogP contribution in [0.4, 0.5) is 5.69 Å². The number of H-pyrrole nitrogens is 1. The number of hydrogen-bond donors (Lipinski definition) is 2. The van der Waals surface area contributed by atoms with Gasteiger partial charge in [-0.1, -0.05) is 22.0 Å². The lowest BCUT2D eigenvalue weighted by Gasteiger charge is -2.08. The van der Waals surface area contributed by atoms with Crippen LogP contribution in [0.5, 0.6) is 0 Å². The molecule has 2 N–H and O–H groups in total. The lowest BCUT2D eigenvalue weighted by atomic mass is 10.2. The minimum Gasteiger partial charge on any atom is -0.320 e. The van der Waals surface area contributed by atoms with Crippen molar-refractivity contribution in [2.45, 2.75) is 6.92 Å². The molecule has 1 aromatic carbocycles. The third-order valence-electron chi connectivity index (χ3n) is 2.45. The van der Waals surface area contributed by atoms with E-state index in [1.165, 1.54) is 6.07 Å². The van der Waals surface area contributed by atoms with Gasteiger partial charge in [0, 0.05) is 16.2 Å². The van der Waals surface area contributed by atoms with E-state index in [1.54, 1.807) is 18.2 Å². The van der Waals surface area contributed by atoms with E-state index in [9.17, 15) is 9.59 Å². The number of aromatic nitrogens is 1. The summed E-state index contributed by atoms with van der Waals surface area (Å²) in [6.45, 7) is 1.90. The Hall–Kier alpha value is -1.88. The number of nitrogens with one attached hydrogen (secondary N) is 2. The maximum Gasteiger partial charge on any atom is 0.272 e. The fourth-order valence-corrected chi connectivity index (χ4v) is 2.01. The molecule has 0 aliphatic heterocycles. The first-order valence-corrected chi connectivity index (χ1v) is 6.12. The zero-order valence-electron chi connectivity index (χ0n) is 9.66. The first kappa shape index (κ1) is 12.6. The highest BCUT2D eigenvalue weighted by atomic mass is 79.9. The molecule has 2 aromatic rings. The van der Waals surface area contributed by atoms with Gasteiger partial charge in [0.2, 0.25) is 5.56 Å². The molecule has 0 aliphatic rings. The van der Waals surface area contributed by atoms with Crippen LogP contribution in [0.15, 0.2) is 45.7 Å². The number of pyridine rings is 1. The Kier molecular flexibility index (Phi) is 3.62. The molecule has 0 fully saturated rings. The normalized spacial score (nSPS) is 10.1. The Morgan fingerprint density at radius 2 is 2.06 bits per heavy atom. The van der Waals surface area contributed by atoms with Gasteiger partial charge in [0.25, 0.3) is 5.91 Å². The molecule has 0 saturated heterocycles. The number of anilines is 1. The van der Waals surface area contributed by atoms with Gasteiger partial charge in [0.1, 0.15) is 5.69 Å². The average Bonchev–Trinajstić information content (AvgIpc) is 2.32. The molecular formula is C13H11BrN2O2. The van der Waals surface area contributed by atoms with Crippen LogP contribution in [0, 0.1) is 6.92 Å². The highest BCUT2D eigenvalue weighted by molar-refractivity contribution is 9.10. The summed E-state index contributed by atoms with van der Waals surface area (Å²) in [6.07, 6.45) is 0. The molecule has 0 spiro atoms. The fourth-order valence-electron chi connectivity index (χ4n) is 1.54. The summed E-state index contributed by atoms with van der Waals surface area (Å²) >= 11 is 3.36. The van der Waals surface area contributed by atoms with Crippen molar-refractivity contribution in [3.63, 3.8) is 0 Å². The zero-order chi connectivity index (χ0) is 13.1. The summed E-state index contributed by atoms with van der Waals surface area (Å²) in [4.78, 5) is 25.5. The average molecular weight is 307 g/mol. The van der Waals surface area contributed by atoms with Gasteiger partial charge in [-0.15, -0.1) is 0 Å². The number of rotatable bonds is 2. The van der Waals surface area contributed by atoms with Gasteiger partial charge in [-0.05, 0) is 36.8 Å². The van der Waals surface area contributed by atoms with Gasteiger partial charge >= 0.3 is 0 Å². The standard InChI is InChI=1S/C13H11BrN2O2/c1-8-7-9(14)5-6-10(8)16-13(18)11-3-2-4-12(17)15-11/h2-7H,1H3,(H,15,17)(H,16,18). The van der Waals surface area contributed by atoms with E-state index in [2.05, 4.69) is 26.2 Å². The SMILES string of the molecule is Cc1cc(Br)ccc1NC(=O)c1cccc(=O)[nH]1. The monoisotopic (exact) mass is 306 g/mol. The summed E-state index contributed by atoms with van der Waals surface area (Å²) in [7, 11) is 0. The Labute approximate surface area is 112 Å². The van der Waals surface area contributed by atoms with Crippen LogP contribution in [-0.2, 0) is 0 Å². The van der Waals surface area contributed by atoms with E-state index in [0.717, 1.165) is 10.0 Å². The zero-order valence-corrected chi connectivity index (χ0v) is 11.2. The minimum absolute atomic E-state index is 0.241. The largest absolute Gasteiger partial charge is 0.320 e. The van der Waals surface area contributed by atoms with E-state index in [0.29, 0.717) is 5.69 Å². The van der Waals surface area contributed by atoms with Gasteiger partial charge in [-0.2, -0.15) is 0 Å². The molecule has 1 amide bonds. The molecule has 0 saturated carbocycles. The number of carbonyl (C=O) groups excluding carboxylic acids is 1. The van der Waals surface area contributed by atoms with E-state index < -0.39 is 0 Å². The maximum atomic E-state index is 11.9. The van der Waals surface area contributed by atoms with Crippen LogP contribution < -0.4 is 10.9 Å². The van der Waals surface area contributed by atoms with Crippen LogP contribution in [0.1, 0.15) is 16.1 Å². The van der Waals surface area contributed by atoms with Crippen molar-refractivity contribution in [3.05, 3.63) is 62.5 Å². The maximum absolute atomic E-state index is 11.9. The van der Waals surface area contributed by atoms with Crippen LogP contribution >= 0.6 is 15.9 Å². The molecular weight excluding hydrogens is 296 g/mol. The third kappa shape index (κ3) is 2.87. The van der Waals surface area contributed by atoms with Gasteiger partial charge in [-0.25, -0.2) is 0 Å². The van der Waals surface area contributed by atoms with Crippen molar-refractivity contribution in [2.24, 2.45) is 0 Å². The summed E-state index contributed by atoms with van der Waals surface area (Å²) < 4.78 is 0.950. The van der Waals surface area contributed by atoms with Crippen LogP contribution in [0.3, 0.4) is 0 Å². The molecule has 0 aliphatic carbocycles. The molecule has 1 heterocycles. The van der Waals surface area contributed by atoms with Gasteiger partial charge in [0.05, 0.1) is 0 Å². The summed E-state index contributed by atoms with van der Waals surface area (Å²) in [6, 6.07) is 10.0. The number of aromatic amines is 1. The summed E-state index contributed by atoms with van der Waals surface area (Å²) in [5.74, 6) is -0.335. The number of carbonyl (C=O) groups is 1. The van der Waals surface area contributed by atoms with Crippen molar-refractivity contribution in [2.75, 3.05) is 5.32 Å². The molecule has 0 unspecified atom stereocenters. The second-order valence-corrected chi connectivity index (χ2v) is 4.76. The predicted octanol–water partition coefficient (Wildman–Crippen LogP) is 2.70. The second kappa shape index (κ2) is 5.18. The number of halogens is 1. The number of aryl methyl sites for hydroxylation is 1. The lowest BCUT2D eigenvalue weighted by molar-refractivity contribution is 0.102. The minimum atomic E-state index is -0.335. The fraction of sp³-hybridized carbons (Fsp3) is 0.0769. The molecule has 0 bridgehead atoms. The Bertz CT molecular complexity index is 649. The predicted molar refractivity (Wildman–Crippen MR) is 73.9 cm³/mol. The highest BCUT2D eigenvalue weighted by Gasteiger charge is 2.08. The van der Waals surface area contributed by atoms with Crippen LogP contribution in [0.2, 0.25) is 0 Å². The van der Waals surface area contributed by atoms with Gasteiger partial charge in [-0.3, -0.25) is 9.59 Å². The second-order valence-electron chi connectivity index (χ2n) is 3.84. The first-order chi connectivity index (χ1) is 8.56. The van der Waals surface area contributed by atoms with E-state index in [-0.39, 0.29) is 17.2 Å². The van der Waals surface area contributed by atoms with Crippen LogP contribution in [-0.4, -0.2) is 10.9 Å². The van der Waals surface area contributed by atoms with Crippen molar-refractivity contribution in [1.29, 1.82) is 0 Å². The first-order valence-electron chi connectivity index (χ1n) is 5.33. The molecule has 1 aromatic heterocycles. The van der Waals surface area contributed by atoms with Crippen molar-refractivity contribution >= 4 is 27.5 Å². The molecule has 0 atom stereocenters. The molecule has 4 nitrogen and oxygen atoms in total. The van der Waals surface area contributed by atoms with Crippen LogP contribution in [0.25, 0.3) is 0 Å². The smallest absolute Gasteiger partial charge is 0.272 e. The quantitative estimate of drug-likeness (QED) is 0.896. The highest BCUT2D eigenvalue weighted by Crippen LogP contribution is 2.20. The van der Waals surface area contributed by atoms with Gasteiger partial charge < -0.3 is 10.3 Å². The Balaban J connectivity index is 2.24. The summed E-state index contributed by atoms with van der Waals surface area (Å²) in [5.41, 5.74) is 1.60. The van der Waals surface area contributed by atoms with Crippen molar-refractivity contribution in [3.8, 4) is 0 Å². The summed E-state index contributed by atoms with van der Waals surface area (Å²) in [5, 5.41) is 2.75. The van der Waals surface area contributed by atoms with Crippen molar-refractivity contribution in [1.82, 2.24) is 4.98 Å². The topological polar surface area (TPSA) is 62.0 Å². The molecule has 5 heteroatoms. The lowest BCUT2D eigenvalue weighted by Crippen LogP contribution is -2.18. The molecule has 0 radical (unpaired) electrons. The van der Waals surface area contributed by atoms with E-state index in [4.69, 9.17) is 0 Å². The number of hydrogen-bond acceptors (Lipinski definition) is 2. The van der Waals surface area contributed by atoms with E-state index >= 15 is 0 Å². The Morgan fingerprint density at radius 3 is 2.72 bits per heavy atom. The number of benzene rings is 1.